The van der Waals surface area contributed by atoms with E-state index in [1.54, 1.807) is 12.2 Å². The van der Waals surface area contributed by atoms with Gasteiger partial charge in [0.05, 0.1) is 34.4 Å². The number of carbonyl (C=O) groups is 3. The van der Waals surface area contributed by atoms with E-state index in [2.05, 4.69) is 11.7 Å². The zero-order valence-electron chi connectivity index (χ0n) is 34.5. The fraction of sp³-hybridized carbons (Fsp3) is 0.805. The number of phosphoric acid groups is 1. The Morgan fingerprint density at radius 3 is 1.75 bits per heavy atom. The molecule has 0 aromatic carbocycles. The van der Waals surface area contributed by atoms with Crippen molar-refractivity contribution < 1.29 is 56.4 Å². The second-order valence-corrected chi connectivity index (χ2v) is 17.0. The summed E-state index contributed by atoms with van der Waals surface area (Å²) >= 11 is 0. The van der Waals surface area contributed by atoms with Gasteiger partial charge in [-0.05, 0) is 25.3 Å². The molecule has 0 bridgehead atoms. The van der Waals surface area contributed by atoms with Crippen LogP contribution in [0, 0.1) is 0 Å². The third-order valence-corrected chi connectivity index (χ3v) is 10.3. The van der Waals surface area contributed by atoms with E-state index in [1.807, 2.05) is 21.1 Å². The molecule has 14 heteroatoms. The van der Waals surface area contributed by atoms with Crippen molar-refractivity contribution in [3.8, 4) is 0 Å². The quantitative estimate of drug-likeness (QED) is 0.0123. The Morgan fingerprint density at radius 1 is 0.709 bits per heavy atom. The fourth-order valence-corrected chi connectivity index (χ4v) is 6.64. The maximum atomic E-state index is 12.7. The SMILES string of the molecule is CCCCCCCCCCCCCCCC(=O)OC[C@@H](COP(=O)(O)OCC[N+](C)(C)C)OC(=O)CCCCCCCCCCOC(=O)C1=CC=CC1=[N+]=[N-]. The Morgan fingerprint density at radius 2 is 1.22 bits per heavy atom. The minimum Gasteiger partial charge on any atom is -0.462 e. The van der Waals surface area contributed by atoms with Crippen molar-refractivity contribution in [2.45, 2.75) is 161 Å². The minimum atomic E-state index is -4.41. The molecule has 55 heavy (non-hydrogen) atoms. The molecule has 1 rings (SSSR count). The van der Waals surface area contributed by atoms with E-state index in [0.29, 0.717) is 24.1 Å². The molecule has 0 aliphatic heterocycles. The van der Waals surface area contributed by atoms with Gasteiger partial charge in [-0.2, -0.15) is 4.79 Å². The summed E-state index contributed by atoms with van der Waals surface area (Å²) in [5.74, 6) is -1.39. The summed E-state index contributed by atoms with van der Waals surface area (Å²) in [7, 11) is 1.38. The summed E-state index contributed by atoms with van der Waals surface area (Å²) in [4.78, 5) is 50.4. The van der Waals surface area contributed by atoms with Gasteiger partial charge < -0.3 is 29.1 Å². The van der Waals surface area contributed by atoms with Crippen LogP contribution >= 0.6 is 7.82 Å². The van der Waals surface area contributed by atoms with Crippen molar-refractivity contribution in [2.75, 3.05) is 54.1 Å². The molecule has 1 N–H and O–H groups in total. The van der Waals surface area contributed by atoms with E-state index in [9.17, 15) is 23.8 Å². The Bertz CT molecular complexity index is 1240. The van der Waals surface area contributed by atoms with Gasteiger partial charge >= 0.3 is 31.4 Å². The molecule has 0 aromatic rings. The van der Waals surface area contributed by atoms with Gasteiger partial charge in [-0.25, -0.2) is 9.36 Å². The lowest BCUT2D eigenvalue weighted by molar-refractivity contribution is -0.870. The van der Waals surface area contributed by atoms with Gasteiger partial charge in [-0.15, -0.1) is 0 Å². The second kappa shape index (κ2) is 31.4. The standard InChI is InChI=1S/C41H72N3O10P/c1-5-6-7-8-9-10-11-12-13-14-17-20-23-29-39(45)51-34-36(35-53-55(48,49)52-33-31-44(2,3)4)54-40(46)30-24-21-18-15-16-19-22-25-32-50-41(47)37-27-26-28-38(37)43-42/h26-28,36H,5-25,29-35H2,1-4H3/p+1/t36-/m0/s1. The van der Waals surface area contributed by atoms with E-state index in [1.165, 1.54) is 70.3 Å². The molecule has 1 unspecified atom stereocenters. The van der Waals surface area contributed by atoms with Crippen LogP contribution in [0.2, 0.25) is 0 Å². The number of allylic oxidation sites excluding steroid dienone is 3. The van der Waals surface area contributed by atoms with Crippen molar-refractivity contribution >= 4 is 31.4 Å². The number of ether oxygens (including phenoxy) is 3. The van der Waals surface area contributed by atoms with Gasteiger partial charge in [0.2, 0.25) is 0 Å². The molecule has 316 valence electrons. The van der Waals surface area contributed by atoms with E-state index < -0.39 is 38.4 Å². The predicted molar refractivity (Wildman–Crippen MR) is 214 cm³/mol. The average molecular weight is 799 g/mol. The third-order valence-electron chi connectivity index (χ3n) is 9.28. The number of nitrogens with zero attached hydrogens (tertiary/aromatic N) is 3. The second-order valence-electron chi connectivity index (χ2n) is 15.5. The first-order valence-corrected chi connectivity index (χ1v) is 22.4. The van der Waals surface area contributed by atoms with Crippen LogP contribution in [0.25, 0.3) is 5.53 Å². The van der Waals surface area contributed by atoms with Crippen molar-refractivity contribution in [2.24, 2.45) is 0 Å². The van der Waals surface area contributed by atoms with Crippen LogP contribution < -0.4 is 0 Å². The summed E-state index contributed by atoms with van der Waals surface area (Å²) in [5.41, 5.74) is 9.36. The highest BCUT2D eigenvalue weighted by atomic mass is 31.2. The zero-order chi connectivity index (χ0) is 40.6. The Kier molecular flexibility index (Phi) is 28.8. The van der Waals surface area contributed by atoms with Gasteiger partial charge in [0.15, 0.2) is 6.10 Å². The summed E-state index contributed by atoms with van der Waals surface area (Å²) in [6.07, 6.45) is 27.0. The molecular formula is C41H73N3O10P+. The molecule has 1 aliphatic rings. The molecule has 0 saturated carbocycles. The van der Waals surface area contributed by atoms with E-state index in [4.69, 9.17) is 28.8 Å². The zero-order valence-corrected chi connectivity index (χ0v) is 35.4. The minimum absolute atomic E-state index is 0.00482. The molecular weight excluding hydrogens is 725 g/mol. The monoisotopic (exact) mass is 799 g/mol. The van der Waals surface area contributed by atoms with Gasteiger partial charge in [-0.3, -0.25) is 18.6 Å². The molecule has 0 heterocycles. The van der Waals surface area contributed by atoms with Gasteiger partial charge in [0.25, 0.3) is 0 Å². The molecule has 0 saturated heterocycles. The summed E-state index contributed by atoms with van der Waals surface area (Å²) in [5, 5.41) is 0. The molecule has 0 aromatic heterocycles. The number of likely N-dealkylation sites (N-methyl/N-ethyl adjacent to an activating group) is 1. The molecule has 2 atom stereocenters. The van der Waals surface area contributed by atoms with Crippen LogP contribution in [0.15, 0.2) is 23.8 Å². The molecule has 1 aliphatic carbocycles. The van der Waals surface area contributed by atoms with Gasteiger partial charge in [0.1, 0.15) is 25.3 Å². The first kappa shape index (κ1) is 50.4. The van der Waals surface area contributed by atoms with Gasteiger partial charge in [-0.1, -0.05) is 129 Å². The first-order chi connectivity index (χ1) is 26.4. The summed E-state index contributed by atoms with van der Waals surface area (Å²) in [6.45, 7) is 2.33. The number of unbranched alkanes of at least 4 members (excludes halogenated alkanes) is 19. The molecule has 0 amide bonds. The Labute approximate surface area is 331 Å². The topological polar surface area (TPSA) is 171 Å². The average Bonchev–Trinajstić information content (AvgIpc) is 3.62. The molecule has 13 nitrogen and oxygen atoms in total. The van der Waals surface area contributed by atoms with Crippen molar-refractivity contribution in [1.29, 1.82) is 0 Å². The number of hydrogen-bond acceptors (Lipinski definition) is 9. The lowest BCUT2D eigenvalue weighted by Gasteiger charge is -2.24. The van der Waals surface area contributed by atoms with E-state index >= 15 is 0 Å². The maximum Gasteiger partial charge on any atom is 0.472 e. The van der Waals surface area contributed by atoms with Crippen LogP contribution in [0.3, 0.4) is 0 Å². The number of quaternary nitrogens is 1. The number of phosphoric ester groups is 1. The maximum absolute atomic E-state index is 12.7. The smallest absolute Gasteiger partial charge is 0.462 e. The normalized spacial score (nSPS) is 14.3. The fourth-order valence-electron chi connectivity index (χ4n) is 5.90. The van der Waals surface area contributed by atoms with Crippen LogP contribution in [0.4, 0.5) is 0 Å². The number of carbonyl (C=O) groups excluding carboxylic acids is 3. The van der Waals surface area contributed by atoms with E-state index in [0.717, 1.165) is 64.2 Å². The Balaban J connectivity index is 2.29. The summed E-state index contributed by atoms with van der Waals surface area (Å²) in [6, 6.07) is 0. The number of rotatable bonds is 36. The van der Waals surface area contributed by atoms with Crippen molar-refractivity contribution in [3.63, 3.8) is 0 Å². The van der Waals surface area contributed by atoms with Crippen molar-refractivity contribution in [1.82, 2.24) is 0 Å². The lowest BCUT2D eigenvalue weighted by Crippen LogP contribution is -2.37. The van der Waals surface area contributed by atoms with Gasteiger partial charge in [0, 0.05) is 18.9 Å². The van der Waals surface area contributed by atoms with Crippen LogP contribution in [-0.4, -0.2) is 98.0 Å². The molecule has 0 spiro atoms. The molecule has 0 fully saturated rings. The molecule has 0 radical (unpaired) electrons. The third kappa shape index (κ3) is 29.3. The Hall–Kier alpha value is -2.66. The lowest BCUT2D eigenvalue weighted by atomic mass is 10.0. The number of hydrogen-bond donors (Lipinski definition) is 1. The number of esters is 3. The largest absolute Gasteiger partial charge is 0.472 e. The van der Waals surface area contributed by atoms with Crippen LogP contribution in [0.1, 0.15) is 155 Å². The highest BCUT2D eigenvalue weighted by molar-refractivity contribution is 7.47. The van der Waals surface area contributed by atoms with E-state index in [-0.39, 0.29) is 37.3 Å². The van der Waals surface area contributed by atoms with Crippen molar-refractivity contribution in [3.05, 3.63) is 29.3 Å². The highest BCUT2D eigenvalue weighted by Crippen LogP contribution is 2.43. The predicted octanol–water partition coefficient (Wildman–Crippen LogP) is 8.98. The van der Waals surface area contributed by atoms with Crippen LogP contribution in [-0.2, 0) is 42.2 Å². The highest BCUT2D eigenvalue weighted by Gasteiger charge is 2.27. The summed E-state index contributed by atoms with van der Waals surface area (Å²) < 4.78 is 39.4. The first-order valence-electron chi connectivity index (χ1n) is 20.9. The van der Waals surface area contributed by atoms with Crippen LogP contribution in [0.5, 0.6) is 0 Å².